The Bertz CT molecular complexity index is 4400. The number of Topliss-reactive ketones (excluding diaryl/α,β-unsaturated/α-hetero) is 5. The van der Waals surface area contributed by atoms with Crippen molar-refractivity contribution < 1.29 is 62.6 Å². The minimum absolute atomic E-state index is 0.00775. The van der Waals surface area contributed by atoms with Crippen molar-refractivity contribution in [3.05, 3.63) is 154 Å². The molecule has 0 aliphatic carbocycles. The van der Waals surface area contributed by atoms with E-state index in [4.69, 9.17) is 5.11 Å². The van der Waals surface area contributed by atoms with Crippen molar-refractivity contribution >= 4 is 93.3 Å². The van der Waals surface area contributed by atoms with Gasteiger partial charge in [-0.25, -0.2) is 9.97 Å². The second-order valence-corrected chi connectivity index (χ2v) is 25.1. The summed E-state index contributed by atoms with van der Waals surface area (Å²) in [6.07, 6.45) is 16.6. The standard InChI is InChI=1S/C69H85N17O13/c1-78(2)23-14-13-17-55(88)49-26-43(35-79(49)3)29-57(90)51-28-45(37-81(51)5)31-58(91)52-27-44(36-82(52)6)30-56(89)50-25-42(34-80(50)4)24-48(87)16-15-21-71-66(96)53-33-47(39-83(53)7)73-68(98)64-75-60(41-85(64)9)77-69(99)65-74-59(40-86(65)10)76-67(97)54-32-46(38-84(54)8)72-62(93)20-22-70-61(92)18-11-12-19-63(94)95/h25-28,32-41H,11-24,29-31H2,1-10H3,(H,70,92)(H,71,96)(H,72,93)(H,73,98)(H,76,97)(H,77,99)(H,94,95). The molecule has 30 nitrogen and oxygen atoms in total. The number of carbonyl (C=O) groups excluding carboxylic acids is 11. The minimum Gasteiger partial charge on any atom is -0.481 e. The lowest BCUT2D eigenvalue weighted by atomic mass is 10.1. The molecule has 0 aromatic carbocycles. The molecule has 8 aromatic rings. The molecule has 8 aromatic heterocycles. The van der Waals surface area contributed by atoms with Crippen molar-refractivity contribution in [2.45, 2.75) is 89.9 Å². The number of aromatic nitrogens is 10. The van der Waals surface area contributed by atoms with Crippen molar-refractivity contribution in [1.82, 2.24) is 62.0 Å². The average Bonchev–Trinajstić information content (AvgIpc) is 1.69. The number of carbonyl (C=O) groups is 12. The van der Waals surface area contributed by atoms with E-state index in [0.717, 1.165) is 24.9 Å². The predicted octanol–water partition coefficient (Wildman–Crippen LogP) is 5.54. The quantitative estimate of drug-likeness (QED) is 0.0185. The van der Waals surface area contributed by atoms with Gasteiger partial charge in [0, 0.05) is 177 Å². The first-order valence-electron chi connectivity index (χ1n) is 32.3. The maximum Gasteiger partial charge on any atom is 0.303 e. The molecule has 8 heterocycles. The number of carboxylic acids is 1. The Hall–Kier alpha value is -11.3. The second kappa shape index (κ2) is 33.1. The zero-order valence-electron chi connectivity index (χ0n) is 57.4. The van der Waals surface area contributed by atoms with Crippen LogP contribution in [0.1, 0.15) is 171 Å². The fraction of sp³-hybridized carbons (Fsp3) is 0.391. The molecular weight excluding hydrogens is 1270 g/mol. The van der Waals surface area contributed by atoms with Crippen LogP contribution in [0.2, 0.25) is 0 Å². The Balaban J connectivity index is 0.739. The summed E-state index contributed by atoms with van der Waals surface area (Å²) in [6.45, 7) is 1.14. The van der Waals surface area contributed by atoms with Crippen LogP contribution in [0.4, 0.5) is 23.0 Å². The minimum atomic E-state index is -0.934. The van der Waals surface area contributed by atoms with Gasteiger partial charge < -0.3 is 78.4 Å². The number of hydrogen-bond acceptors (Lipinski definition) is 15. The first-order valence-corrected chi connectivity index (χ1v) is 32.3. The van der Waals surface area contributed by atoms with Crippen LogP contribution in [0.25, 0.3) is 0 Å². The first-order chi connectivity index (χ1) is 47.0. The molecule has 0 saturated heterocycles. The largest absolute Gasteiger partial charge is 0.481 e. The fourth-order valence-corrected chi connectivity index (χ4v) is 11.5. The summed E-state index contributed by atoms with van der Waals surface area (Å²) in [5.41, 5.74) is 5.46. The molecular formula is C69H85N17O13. The van der Waals surface area contributed by atoms with E-state index >= 15 is 0 Å². The van der Waals surface area contributed by atoms with Crippen LogP contribution in [0.5, 0.6) is 0 Å². The molecule has 0 radical (unpaired) electrons. The van der Waals surface area contributed by atoms with E-state index in [2.05, 4.69) is 46.8 Å². The predicted molar refractivity (Wildman–Crippen MR) is 366 cm³/mol. The van der Waals surface area contributed by atoms with Gasteiger partial charge in [0.15, 0.2) is 34.8 Å². The van der Waals surface area contributed by atoms with Crippen LogP contribution in [-0.4, -0.2) is 161 Å². The molecule has 6 amide bonds. The van der Waals surface area contributed by atoms with Gasteiger partial charge in [-0.05, 0) is 111 Å². The molecule has 0 aliphatic rings. The summed E-state index contributed by atoms with van der Waals surface area (Å²) in [6, 6.07) is 9.80. The van der Waals surface area contributed by atoms with Gasteiger partial charge in [-0.2, -0.15) is 0 Å². The molecule has 0 saturated carbocycles. The summed E-state index contributed by atoms with van der Waals surface area (Å²) in [5, 5.41) is 24.8. The van der Waals surface area contributed by atoms with Gasteiger partial charge in [-0.3, -0.25) is 57.5 Å². The van der Waals surface area contributed by atoms with Gasteiger partial charge in [0.1, 0.15) is 17.2 Å². The van der Waals surface area contributed by atoms with Crippen molar-refractivity contribution in [2.75, 3.05) is 55.0 Å². The summed E-state index contributed by atoms with van der Waals surface area (Å²) >= 11 is 0. The number of nitrogens with zero attached hydrogens (tertiary/aromatic N) is 11. The van der Waals surface area contributed by atoms with E-state index in [1.165, 1.54) is 62.2 Å². The highest BCUT2D eigenvalue weighted by Gasteiger charge is 2.25. The number of anilines is 4. The number of unbranched alkanes of at least 4 members (excludes halogenated alkanes) is 2. The number of aliphatic carboxylic acids is 1. The van der Waals surface area contributed by atoms with Crippen LogP contribution >= 0.6 is 0 Å². The Morgan fingerprint density at radius 3 is 1.29 bits per heavy atom. The maximum atomic E-state index is 13.7. The Kier molecular flexibility index (Phi) is 24.6. The summed E-state index contributed by atoms with van der Waals surface area (Å²) in [7, 11) is 17.3. The number of amides is 6. The van der Waals surface area contributed by atoms with Gasteiger partial charge in [-0.1, -0.05) is 0 Å². The van der Waals surface area contributed by atoms with Crippen LogP contribution in [-0.2, 0) is 101 Å². The molecule has 524 valence electrons. The highest BCUT2D eigenvalue weighted by atomic mass is 16.4. The molecule has 8 rings (SSSR count). The van der Waals surface area contributed by atoms with E-state index in [-0.39, 0.29) is 140 Å². The van der Waals surface area contributed by atoms with Gasteiger partial charge in [0.05, 0.1) is 34.2 Å². The third-order valence-electron chi connectivity index (χ3n) is 16.4. The number of aryl methyl sites for hydroxylation is 8. The topological polar surface area (TPSA) is 366 Å². The van der Waals surface area contributed by atoms with Crippen LogP contribution in [0.15, 0.2) is 86.0 Å². The smallest absolute Gasteiger partial charge is 0.303 e. The molecule has 0 atom stereocenters. The van der Waals surface area contributed by atoms with E-state index < -0.39 is 35.5 Å². The van der Waals surface area contributed by atoms with Gasteiger partial charge >= 0.3 is 5.97 Å². The van der Waals surface area contributed by atoms with E-state index in [9.17, 15) is 57.5 Å². The lowest BCUT2D eigenvalue weighted by Crippen LogP contribution is -2.27. The number of ketones is 5. The van der Waals surface area contributed by atoms with E-state index in [1.54, 1.807) is 110 Å². The highest BCUT2D eigenvalue weighted by Crippen LogP contribution is 2.23. The lowest BCUT2D eigenvalue weighted by Gasteiger charge is -2.08. The second-order valence-electron chi connectivity index (χ2n) is 25.1. The Labute approximate surface area is 571 Å². The van der Waals surface area contributed by atoms with Crippen LogP contribution in [0.3, 0.4) is 0 Å². The average molecular weight is 1360 g/mol. The maximum absolute atomic E-state index is 13.7. The van der Waals surface area contributed by atoms with Gasteiger partial charge in [0.2, 0.25) is 23.5 Å². The van der Waals surface area contributed by atoms with Crippen LogP contribution < -0.4 is 31.9 Å². The van der Waals surface area contributed by atoms with Crippen LogP contribution in [0, 0.1) is 0 Å². The molecule has 0 bridgehead atoms. The molecule has 30 heteroatoms. The normalized spacial score (nSPS) is 11.2. The molecule has 0 spiro atoms. The summed E-state index contributed by atoms with van der Waals surface area (Å²) < 4.78 is 12.6. The molecule has 0 fully saturated rings. The van der Waals surface area contributed by atoms with Crippen molar-refractivity contribution in [1.29, 1.82) is 0 Å². The number of hydrogen-bond donors (Lipinski definition) is 7. The number of nitrogens with one attached hydrogen (secondary N) is 6. The third-order valence-corrected chi connectivity index (χ3v) is 16.4. The summed E-state index contributed by atoms with van der Waals surface area (Å²) in [5.74, 6) is -4.80. The van der Waals surface area contributed by atoms with Crippen molar-refractivity contribution in [3.8, 4) is 0 Å². The highest BCUT2D eigenvalue weighted by molar-refractivity contribution is 6.07. The van der Waals surface area contributed by atoms with Gasteiger partial charge in [-0.15, -0.1) is 0 Å². The molecule has 0 unspecified atom stereocenters. The van der Waals surface area contributed by atoms with E-state index in [1.807, 2.05) is 20.3 Å². The first kappa shape index (κ1) is 73.5. The molecule has 7 N–H and O–H groups in total. The summed E-state index contributed by atoms with van der Waals surface area (Å²) in [4.78, 5) is 166. The SMILES string of the molecule is CN(C)CCCCC(=O)c1cc(CC(=O)c2cc(CC(=O)c3cc(CC(=O)c4cc(CC(=O)CCCNC(=O)c5cc(NC(=O)c6nc(NC(=O)c7nc(NC(=O)c8cc(NC(=O)CCNC(=O)CCCCC(=O)O)cn8C)cn7C)cn6C)cn5C)cn4C)cn3C)cn2C)cn1C. The zero-order valence-corrected chi connectivity index (χ0v) is 57.4. The number of rotatable bonds is 37. The molecule has 0 aliphatic heterocycles. The van der Waals surface area contributed by atoms with Gasteiger partial charge in [0.25, 0.3) is 23.6 Å². The Morgan fingerprint density at radius 1 is 0.374 bits per heavy atom. The number of imidazole rings is 2. The molecule has 99 heavy (non-hydrogen) atoms. The fourth-order valence-electron chi connectivity index (χ4n) is 11.5. The van der Waals surface area contributed by atoms with E-state index in [0.29, 0.717) is 70.8 Å². The third kappa shape index (κ3) is 20.1. The number of carboxylic acid groups (broad SMARTS) is 1. The zero-order chi connectivity index (χ0) is 71.9. The Morgan fingerprint density at radius 2 is 0.798 bits per heavy atom. The van der Waals surface area contributed by atoms with Crippen molar-refractivity contribution in [3.63, 3.8) is 0 Å². The monoisotopic (exact) mass is 1360 g/mol. The van der Waals surface area contributed by atoms with Crippen molar-refractivity contribution in [2.24, 2.45) is 56.4 Å². The lowest BCUT2D eigenvalue weighted by molar-refractivity contribution is -0.137.